The van der Waals surface area contributed by atoms with E-state index in [4.69, 9.17) is 9.05 Å². The lowest BCUT2D eigenvalue weighted by Gasteiger charge is -2.31. The van der Waals surface area contributed by atoms with E-state index in [1.54, 1.807) is 0 Å². The minimum Gasteiger partial charge on any atom is -0.378 e. The lowest BCUT2D eigenvalue weighted by atomic mass is 9.97. The zero-order valence-electron chi connectivity index (χ0n) is 9.53. The van der Waals surface area contributed by atoms with Crippen molar-refractivity contribution >= 4 is 7.60 Å². The van der Waals surface area contributed by atoms with E-state index in [1.165, 1.54) is 13.8 Å². The van der Waals surface area contributed by atoms with Crippen molar-refractivity contribution in [2.75, 3.05) is 13.2 Å². The summed E-state index contributed by atoms with van der Waals surface area (Å²) in [4.78, 5) is 0. The van der Waals surface area contributed by atoms with Gasteiger partial charge in [0.15, 0.2) is 0 Å². The Hall–Kier alpha value is -0.330. The molecule has 0 aromatic carbocycles. The summed E-state index contributed by atoms with van der Waals surface area (Å²) in [5.41, 5.74) is 1.07. The third kappa shape index (κ3) is 4.36. The largest absolute Gasteiger partial charge is 0.405 e. The fraction of sp³-hybridized carbons (Fsp3) is 0.800. The van der Waals surface area contributed by atoms with Crippen LogP contribution in [0.25, 0.3) is 0 Å². The van der Waals surface area contributed by atoms with Crippen molar-refractivity contribution in [3.63, 3.8) is 0 Å². The molecule has 0 aliphatic carbocycles. The molecule has 1 heterocycles. The second-order valence-electron chi connectivity index (χ2n) is 5.00. The molecule has 0 saturated carbocycles. The van der Waals surface area contributed by atoms with Crippen LogP contribution in [0.5, 0.6) is 0 Å². The van der Waals surface area contributed by atoms with Gasteiger partial charge in [-0.15, -0.1) is 0 Å². The van der Waals surface area contributed by atoms with Gasteiger partial charge in [-0.1, -0.05) is 19.8 Å². The van der Waals surface area contributed by atoms with Gasteiger partial charge in [0.05, 0.1) is 13.2 Å². The zero-order valence-corrected chi connectivity index (χ0v) is 10.4. The van der Waals surface area contributed by atoms with Crippen LogP contribution in [0.4, 0.5) is 0 Å². The number of hydrogen-bond donors (Lipinski definition) is 1. The molecule has 1 fully saturated rings. The highest BCUT2D eigenvalue weighted by Crippen LogP contribution is 2.52. The van der Waals surface area contributed by atoms with Gasteiger partial charge in [0.2, 0.25) is 0 Å². The molecular weight excluding hydrogens is 215 g/mol. The Kier molecular flexibility index (Phi) is 3.33. The highest BCUT2D eigenvalue weighted by Gasteiger charge is 2.35. The molecule has 1 saturated heterocycles. The maximum Gasteiger partial charge on any atom is 0.405 e. The zero-order chi connectivity index (χ0) is 11.7. The molecule has 86 valence electrons. The first-order valence-electron chi connectivity index (χ1n) is 4.78. The first-order chi connectivity index (χ1) is 6.62. The molecule has 0 unspecified atom stereocenters. The third-order valence-electron chi connectivity index (χ3n) is 1.75. The number of aliphatic hydroxyl groups is 1. The van der Waals surface area contributed by atoms with Crippen molar-refractivity contribution in [2.45, 2.75) is 33.3 Å². The van der Waals surface area contributed by atoms with Gasteiger partial charge >= 0.3 is 7.60 Å². The Balaban J connectivity index is 2.71. The van der Waals surface area contributed by atoms with Crippen LogP contribution in [0.1, 0.15) is 27.7 Å². The second kappa shape index (κ2) is 3.92. The fourth-order valence-corrected chi connectivity index (χ4v) is 2.52. The maximum absolute atomic E-state index is 11.8. The van der Waals surface area contributed by atoms with Gasteiger partial charge in [-0.3, -0.25) is 9.05 Å². The van der Waals surface area contributed by atoms with E-state index < -0.39 is 13.2 Å². The average molecular weight is 232 g/mol. The van der Waals surface area contributed by atoms with Crippen molar-refractivity contribution < 1.29 is 18.7 Å². The molecule has 0 aromatic heterocycles. The summed E-state index contributed by atoms with van der Waals surface area (Å²) >= 11 is 0. The van der Waals surface area contributed by atoms with Crippen molar-refractivity contribution in [1.29, 1.82) is 0 Å². The van der Waals surface area contributed by atoms with E-state index in [2.05, 4.69) is 11.6 Å². The topological polar surface area (TPSA) is 55.8 Å². The van der Waals surface area contributed by atoms with E-state index in [-0.39, 0.29) is 5.41 Å². The van der Waals surface area contributed by atoms with Crippen molar-refractivity contribution in [3.8, 4) is 11.6 Å². The van der Waals surface area contributed by atoms with Crippen LogP contribution in [0.15, 0.2) is 0 Å². The molecule has 1 N–H and O–H groups in total. The highest BCUT2D eigenvalue weighted by molar-refractivity contribution is 7.59. The molecule has 0 amide bonds. The second-order valence-corrected chi connectivity index (χ2v) is 6.74. The molecule has 1 rings (SSSR count). The van der Waals surface area contributed by atoms with Crippen LogP contribution < -0.4 is 0 Å². The van der Waals surface area contributed by atoms with Gasteiger partial charge in [-0.2, -0.15) is 0 Å². The molecule has 15 heavy (non-hydrogen) atoms. The Morgan fingerprint density at radius 2 is 1.80 bits per heavy atom. The minimum atomic E-state index is -3.31. The predicted octanol–water partition coefficient (Wildman–Crippen LogP) is 1.98. The van der Waals surface area contributed by atoms with Gasteiger partial charge in [0, 0.05) is 11.1 Å². The Morgan fingerprint density at radius 1 is 1.33 bits per heavy atom. The molecule has 1 aliphatic rings. The van der Waals surface area contributed by atoms with E-state index >= 15 is 0 Å². The SMILES string of the molecule is CC(C)(O)C#CP1(=O)OCC(C)(C)CO1. The molecule has 0 bridgehead atoms. The summed E-state index contributed by atoms with van der Waals surface area (Å²) < 4.78 is 22.1. The van der Waals surface area contributed by atoms with Crippen LogP contribution in [-0.4, -0.2) is 23.9 Å². The highest BCUT2D eigenvalue weighted by atomic mass is 31.2. The van der Waals surface area contributed by atoms with Gasteiger partial charge < -0.3 is 5.11 Å². The van der Waals surface area contributed by atoms with Gasteiger partial charge in [0.1, 0.15) is 5.60 Å². The minimum absolute atomic E-state index is 0.135. The summed E-state index contributed by atoms with van der Waals surface area (Å²) in [5, 5.41) is 9.36. The third-order valence-corrected chi connectivity index (χ3v) is 3.07. The molecule has 1 aliphatic heterocycles. The lowest BCUT2D eigenvalue weighted by Crippen LogP contribution is -2.29. The number of rotatable bonds is 0. The molecule has 4 nitrogen and oxygen atoms in total. The lowest BCUT2D eigenvalue weighted by molar-refractivity contribution is 0.0466. The first-order valence-corrected chi connectivity index (χ1v) is 6.32. The molecule has 5 heteroatoms. The van der Waals surface area contributed by atoms with Gasteiger partial charge in [0.25, 0.3) is 0 Å². The van der Waals surface area contributed by atoms with E-state index in [1.807, 2.05) is 13.8 Å². The Labute approximate surface area is 90.5 Å². The van der Waals surface area contributed by atoms with Crippen LogP contribution in [0, 0.1) is 17.0 Å². The van der Waals surface area contributed by atoms with Crippen LogP contribution >= 0.6 is 7.60 Å². The summed E-state index contributed by atoms with van der Waals surface area (Å²) in [6.07, 6.45) is 0. The maximum atomic E-state index is 11.8. The smallest absolute Gasteiger partial charge is 0.378 e. The molecule has 0 aromatic rings. The predicted molar refractivity (Wildman–Crippen MR) is 57.4 cm³/mol. The fourth-order valence-electron chi connectivity index (χ4n) is 0.868. The molecule has 0 radical (unpaired) electrons. The summed E-state index contributed by atoms with van der Waals surface area (Å²) in [7, 11) is -3.31. The van der Waals surface area contributed by atoms with Crippen molar-refractivity contribution in [1.82, 2.24) is 0 Å². The van der Waals surface area contributed by atoms with Gasteiger partial charge in [-0.05, 0) is 13.8 Å². The Bertz CT molecular complexity index is 329. The van der Waals surface area contributed by atoms with Crippen LogP contribution in [0.2, 0.25) is 0 Å². The molecule has 0 spiro atoms. The monoisotopic (exact) mass is 232 g/mol. The summed E-state index contributed by atoms with van der Waals surface area (Å²) in [6.45, 7) is 7.65. The standard InChI is InChI=1S/C10H17O4P/c1-9(2)7-13-15(12,14-8-9)6-5-10(3,4)11/h11H,7-8H2,1-4H3. The van der Waals surface area contributed by atoms with Crippen molar-refractivity contribution in [2.24, 2.45) is 5.41 Å². The van der Waals surface area contributed by atoms with E-state index in [9.17, 15) is 9.67 Å². The molecule has 0 atom stereocenters. The van der Waals surface area contributed by atoms with Crippen molar-refractivity contribution in [3.05, 3.63) is 0 Å². The van der Waals surface area contributed by atoms with E-state index in [0.717, 1.165) is 0 Å². The first kappa shape index (κ1) is 12.7. The van der Waals surface area contributed by atoms with Gasteiger partial charge in [-0.25, -0.2) is 4.57 Å². The summed E-state index contributed by atoms with van der Waals surface area (Å²) in [6, 6.07) is 0. The van der Waals surface area contributed by atoms with E-state index in [0.29, 0.717) is 13.2 Å². The molecular formula is C10H17O4P. The van der Waals surface area contributed by atoms with Crippen LogP contribution in [0.3, 0.4) is 0 Å². The normalized spacial score (nSPS) is 24.1. The average Bonchev–Trinajstić information content (AvgIpc) is 2.07. The summed E-state index contributed by atoms with van der Waals surface area (Å²) in [5.74, 6) is 2.45. The quantitative estimate of drug-likeness (QED) is 0.512. The van der Waals surface area contributed by atoms with Crippen LogP contribution in [-0.2, 0) is 13.6 Å². The Morgan fingerprint density at radius 3 is 2.20 bits per heavy atom. The number of hydrogen-bond acceptors (Lipinski definition) is 4.